The Hall–Kier alpha value is -3.53. The van der Waals surface area contributed by atoms with Crippen molar-refractivity contribution in [1.82, 2.24) is 9.78 Å². The number of carbonyl (C=O) groups is 1. The number of hydrogen-bond donors (Lipinski definition) is 1. The number of ether oxygens (including phenoxy) is 3. The Labute approximate surface area is 192 Å². The zero-order chi connectivity index (χ0) is 23.6. The van der Waals surface area contributed by atoms with Gasteiger partial charge >= 0.3 is 0 Å². The highest BCUT2D eigenvalue weighted by atomic mass is 32.2. The van der Waals surface area contributed by atoms with Crippen LogP contribution in [0, 0.1) is 0 Å². The zero-order valence-electron chi connectivity index (χ0n) is 18.6. The van der Waals surface area contributed by atoms with E-state index in [-0.39, 0.29) is 23.2 Å². The van der Waals surface area contributed by atoms with Gasteiger partial charge in [-0.05, 0) is 48.9 Å². The fourth-order valence-electron chi connectivity index (χ4n) is 3.84. The number of hydrogen-bond acceptors (Lipinski definition) is 7. The summed E-state index contributed by atoms with van der Waals surface area (Å²) in [4.78, 5) is 13.0. The fraction of sp³-hybridized carbons (Fsp3) is 0.304. The second-order valence-electron chi connectivity index (χ2n) is 7.67. The summed E-state index contributed by atoms with van der Waals surface area (Å²) >= 11 is 0. The van der Waals surface area contributed by atoms with Gasteiger partial charge in [-0.25, -0.2) is 8.42 Å². The summed E-state index contributed by atoms with van der Waals surface area (Å²) in [6.45, 7) is 0. The number of anilines is 1. The van der Waals surface area contributed by atoms with Crippen LogP contribution in [0.5, 0.6) is 17.2 Å². The number of amides is 1. The first-order chi connectivity index (χ1) is 15.8. The molecule has 1 aliphatic heterocycles. The normalized spacial score (nSPS) is 16.9. The molecule has 9 nitrogen and oxygen atoms in total. The lowest BCUT2D eigenvalue weighted by molar-refractivity contribution is 0.102. The molecule has 174 valence electrons. The molecule has 10 heteroatoms. The number of nitrogens with zero attached hydrogens (tertiary/aromatic N) is 2. The smallest absolute Gasteiger partial charge is 0.276 e. The molecule has 0 unspecified atom stereocenters. The molecule has 2 heterocycles. The molecule has 1 aliphatic rings. The summed E-state index contributed by atoms with van der Waals surface area (Å²) in [6, 6.07) is 13.7. The highest BCUT2D eigenvalue weighted by Gasteiger charge is 2.32. The van der Waals surface area contributed by atoms with Crippen LogP contribution in [0.2, 0.25) is 0 Å². The van der Waals surface area contributed by atoms with Crippen LogP contribution in [0.25, 0.3) is 11.3 Å². The molecule has 0 bridgehead atoms. The van der Waals surface area contributed by atoms with Crippen LogP contribution in [0.15, 0.2) is 48.5 Å². The van der Waals surface area contributed by atoms with E-state index in [4.69, 9.17) is 14.2 Å². The predicted molar refractivity (Wildman–Crippen MR) is 124 cm³/mol. The van der Waals surface area contributed by atoms with Crippen molar-refractivity contribution in [3.8, 4) is 28.5 Å². The molecular formula is C23H25N3O6S. The Morgan fingerprint density at radius 2 is 1.73 bits per heavy atom. The van der Waals surface area contributed by atoms with Gasteiger partial charge in [0, 0.05) is 17.3 Å². The van der Waals surface area contributed by atoms with E-state index < -0.39 is 15.7 Å². The van der Waals surface area contributed by atoms with Gasteiger partial charge in [0.25, 0.3) is 5.91 Å². The summed E-state index contributed by atoms with van der Waals surface area (Å²) in [5.41, 5.74) is 2.16. The fourth-order valence-corrected chi connectivity index (χ4v) is 5.53. The summed E-state index contributed by atoms with van der Waals surface area (Å²) in [5.74, 6) is 1.40. The van der Waals surface area contributed by atoms with Gasteiger partial charge in [-0.3, -0.25) is 9.48 Å². The van der Waals surface area contributed by atoms with Crippen molar-refractivity contribution in [2.24, 2.45) is 0 Å². The van der Waals surface area contributed by atoms with Crippen molar-refractivity contribution < 1.29 is 27.4 Å². The van der Waals surface area contributed by atoms with Gasteiger partial charge in [0.05, 0.1) is 44.6 Å². The molecule has 1 atom stereocenters. The van der Waals surface area contributed by atoms with Crippen molar-refractivity contribution in [3.05, 3.63) is 54.2 Å². The van der Waals surface area contributed by atoms with E-state index in [2.05, 4.69) is 10.4 Å². The minimum absolute atomic E-state index is 0.00538. The third-order valence-electron chi connectivity index (χ3n) is 5.55. The number of nitrogens with one attached hydrogen (secondary N) is 1. The van der Waals surface area contributed by atoms with E-state index in [0.717, 1.165) is 5.56 Å². The third kappa shape index (κ3) is 4.80. The molecule has 33 heavy (non-hydrogen) atoms. The van der Waals surface area contributed by atoms with Crippen molar-refractivity contribution in [3.63, 3.8) is 0 Å². The largest absolute Gasteiger partial charge is 0.497 e. The van der Waals surface area contributed by atoms with Crippen LogP contribution in [-0.2, 0) is 9.84 Å². The number of rotatable bonds is 7. The highest BCUT2D eigenvalue weighted by Crippen LogP contribution is 2.32. The summed E-state index contributed by atoms with van der Waals surface area (Å²) < 4.78 is 41.5. The Bertz CT molecular complexity index is 1270. The molecule has 2 aromatic carbocycles. The number of sulfone groups is 1. The van der Waals surface area contributed by atoms with Gasteiger partial charge in [0.1, 0.15) is 5.75 Å². The number of carbonyl (C=O) groups excluding carboxylic acids is 1. The average Bonchev–Trinajstić information content (AvgIpc) is 3.42. The molecular weight excluding hydrogens is 446 g/mol. The number of aromatic nitrogens is 2. The zero-order valence-corrected chi connectivity index (χ0v) is 19.4. The van der Waals surface area contributed by atoms with Gasteiger partial charge in [0.15, 0.2) is 27.0 Å². The van der Waals surface area contributed by atoms with Crippen LogP contribution in [0.4, 0.5) is 5.69 Å². The Balaban J connectivity index is 1.67. The first-order valence-electron chi connectivity index (χ1n) is 10.3. The van der Waals surface area contributed by atoms with Crippen molar-refractivity contribution >= 4 is 21.4 Å². The van der Waals surface area contributed by atoms with Gasteiger partial charge in [-0.2, -0.15) is 5.10 Å². The first-order valence-corrected chi connectivity index (χ1v) is 12.1. The monoisotopic (exact) mass is 471 g/mol. The van der Waals surface area contributed by atoms with E-state index in [0.29, 0.717) is 35.1 Å². The summed E-state index contributed by atoms with van der Waals surface area (Å²) in [6.07, 6.45) is 0.448. The van der Waals surface area contributed by atoms with Crippen LogP contribution < -0.4 is 19.5 Å². The van der Waals surface area contributed by atoms with Gasteiger partial charge in [-0.15, -0.1) is 0 Å². The molecule has 4 rings (SSSR count). The van der Waals surface area contributed by atoms with E-state index >= 15 is 0 Å². The topological polar surface area (TPSA) is 109 Å². The third-order valence-corrected chi connectivity index (χ3v) is 7.30. The SMILES string of the molecule is COc1ccc(-c2cc(C(=O)Nc3ccc(OC)c(OC)c3)nn2[C@H]2CCS(=O)(=O)C2)cc1. The average molecular weight is 472 g/mol. The van der Waals surface area contributed by atoms with Gasteiger partial charge < -0.3 is 19.5 Å². The maximum absolute atomic E-state index is 13.0. The first kappa shape index (κ1) is 22.7. The summed E-state index contributed by atoms with van der Waals surface area (Å²) in [5, 5.41) is 7.31. The van der Waals surface area contributed by atoms with E-state index in [9.17, 15) is 13.2 Å². The Morgan fingerprint density at radius 1 is 1.00 bits per heavy atom. The molecule has 1 saturated heterocycles. The summed E-state index contributed by atoms with van der Waals surface area (Å²) in [7, 11) is 1.50. The highest BCUT2D eigenvalue weighted by molar-refractivity contribution is 7.91. The minimum atomic E-state index is -3.13. The number of methoxy groups -OCH3 is 3. The number of benzene rings is 2. The quantitative estimate of drug-likeness (QED) is 0.564. The molecule has 0 aliphatic carbocycles. The standard InChI is InChI=1S/C23H25N3O6S/c1-30-18-7-4-15(5-8-18)20-13-19(25-26(20)17-10-11-33(28,29)14-17)23(27)24-16-6-9-21(31-2)22(12-16)32-3/h4-9,12-13,17H,10-11,14H2,1-3H3,(H,24,27)/t17-/m0/s1. The maximum atomic E-state index is 13.0. The van der Waals surface area contributed by atoms with E-state index in [1.165, 1.54) is 14.2 Å². The van der Waals surface area contributed by atoms with Crippen molar-refractivity contribution in [2.75, 3.05) is 38.2 Å². The minimum Gasteiger partial charge on any atom is -0.497 e. The Kier molecular flexibility index (Phi) is 6.28. The molecule has 0 radical (unpaired) electrons. The molecule has 1 amide bonds. The van der Waals surface area contributed by atoms with Crippen molar-refractivity contribution in [1.29, 1.82) is 0 Å². The predicted octanol–water partition coefficient (Wildman–Crippen LogP) is 3.19. The van der Waals surface area contributed by atoms with Crippen LogP contribution >= 0.6 is 0 Å². The Morgan fingerprint density at radius 3 is 2.33 bits per heavy atom. The van der Waals surface area contributed by atoms with E-state index in [1.807, 2.05) is 12.1 Å². The molecule has 0 saturated carbocycles. The lowest BCUT2D eigenvalue weighted by Gasteiger charge is -2.13. The molecule has 3 aromatic rings. The molecule has 1 N–H and O–H groups in total. The molecule has 1 fully saturated rings. The maximum Gasteiger partial charge on any atom is 0.276 e. The molecule has 0 spiro atoms. The van der Waals surface area contributed by atoms with Crippen LogP contribution in [-0.4, -0.2) is 56.9 Å². The van der Waals surface area contributed by atoms with Crippen LogP contribution in [0.1, 0.15) is 23.0 Å². The van der Waals surface area contributed by atoms with Crippen LogP contribution in [0.3, 0.4) is 0 Å². The van der Waals surface area contributed by atoms with Crippen molar-refractivity contribution in [2.45, 2.75) is 12.5 Å². The van der Waals surface area contributed by atoms with Gasteiger partial charge in [-0.1, -0.05) is 0 Å². The van der Waals surface area contributed by atoms with E-state index in [1.54, 1.807) is 48.2 Å². The second-order valence-corrected chi connectivity index (χ2v) is 9.90. The lowest BCUT2D eigenvalue weighted by atomic mass is 10.1. The molecule has 1 aromatic heterocycles. The lowest BCUT2D eigenvalue weighted by Crippen LogP contribution is -2.16. The second kappa shape index (κ2) is 9.14. The van der Waals surface area contributed by atoms with Gasteiger partial charge in [0.2, 0.25) is 0 Å².